The summed E-state index contributed by atoms with van der Waals surface area (Å²) in [6, 6.07) is 12.7. The van der Waals surface area contributed by atoms with Crippen molar-refractivity contribution in [3.63, 3.8) is 0 Å². The van der Waals surface area contributed by atoms with Crippen LogP contribution in [-0.2, 0) is 11.3 Å². The van der Waals surface area contributed by atoms with Crippen LogP contribution in [0.3, 0.4) is 0 Å². The van der Waals surface area contributed by atoms with Crippen LogP contribution >= 0.6 is 22.9 Å². The summed E-state index contributed by atoms with van der Waals surface area (Å²) in [6.45, 7) is 4.16. The van der Waals surface area contributed by atoms with E-state index in [-0.39, 0.29) is 12.5 Å². The molecule has 1 aromatic heterocycles. The Kier molecular flexibility index (Phi) is 5.75. The fourth-order valence-electron chi connectivity index (χ4n) is 2.41. The van der Waals surface area contributed by atoms with Gasteiger partial charge in [-0.2, -0.15) is 4.99 Å². The molecule has 0 saturated carbocycles. The zero-order valence-electron chi connectivity index (χ0n) is 14.1. The first-order valence-electron chi connectivity index (χ1n) is 7.85. The van der Waals surface area contributed by atoms with Crippen LogP contribution in [0.25, 0.3) is 10.2 Å². The minimum Gasteiger partial charge on any atom is -0.497 e. The molecule has 7 heteroatoms. The van der Waals surface area contributed by atoms with E-state index in [0.717, 1.165) is 10.2 Å². The highest BCUT2D eigenvalue weighted by molar-refractivity contribution is 7.16. The largest absolute Gasteiger partial charge is 0.497 e. The topological polar surface area (TPSA) is 52.8 Å². The molecule has 0 aliphatic rings. The van der Waals surface area contributed by atoms with E-state index in [9.17, 15) is 4.79 Å². The second kappa shape index (κ2) is 8.21. The standard InChI is InChI=1S/C19H17ClN2O3S/c1-3-9-22-16-8-7-13(20)10-17(16)26-19(22)21-18(23)12-25-15-6-4-5-14(11-15)24-2/h3-8,10-11H,1,9,12H2,2H3. The van der Waals surface area contributed by atoms with E-state index >= 15 is 0 Å². The summed E-state index contributed by atoms with van der Waals surface area (Å²) >= 11 is 7.46. The summed E-state index contributed by atoms with van der Waals surface area (Å²) in [5.74, 6) is 0.843. The SMILES string of the molecule is C=CCn1c(=NC(=O)COc2cccc(OC)c2)sc2cc(Cl)ccc21. The third kappa shape index (κ3) is 4.15. The predicted molar refractivity (Wildman–Crippen MR) is 104 cm³/mol. The van der Waals surface area contributed by atoms with E-state index in [1.54, 1.807) is 37.5 Å². The van der Waals surface area contributed by atoms with Crippen molar-refractivity contribution in [1.29, 1.82) is 0 Å². The molecule has 1 amide bonds. The van der Waals surface area contributed by atoms with Crippen LogP contribution in [-0.4, -0.2) is 24.2 Å². The van der Waals surface area contributed by atoms with Crippen LogP contribution in [0.5, 0.6) is 11.5 Å². The number of carbonyl (C=O) groups is 1. The lowest BCUT2D eigenvalue weighted by Gasteiger charge is -2.05. The summed E-state index contributed by atoms with van der Waals surface area (Å²) in [5.41, 5.74) is 0.958. The van der Waals surface area contributed by atoms with Crippen molar-refractivity contribution in [2.75, 3.05) is 13.7 Å². The third-order valence-corrected chi connectivity index (χ3v) is 4.86. The summed E-state index contributed by atoms with van der Waals surface area (Å²) in [6.07, 6.45) is 1.76. The van der Waals surface area contributed by atoms with Gasteiger partial charge in [-0.15, -0.1) is 6.58 Å². The van der Waals surface area contributed by atoms with Gasteiger partial charge in [0, 0.05) is 17.6 Å². The number of benzene rings is 2. The van der Waals surface area contributed by atoms with Gasteiger partial charge < -0.3 is 14.0 Å². The smallest absolute Gasteiger partial charge is 0.286 e. The molecule has 1 heterocycles. The molecule has 2 aromatic carbocycles. The molecule has 0 bridgehead atoms. The summed E-state index contributed by atoms with van der Waals surface area (Å²) in [5, 5.41) is 0.642. The average Bonchev–Trinajstić information content (AvgIpc) is 2.96. The molecular formula is C19H17ClN2O3S. The van der Waals surface area contributed by atoms with Gasteiger partial charge in [-0.1, -0.05) is 35.1 Å². The van der Waals surface area contributed by atoms with Gasteiger partial charge in [-0.3, -0.25) is 4.79 Å². The molecule has 0 aliphatic heterocycles. The molecule has 3 aromatic rings. The highest BCUT2D eigenvalue weighted by Crippen LogP contribution is 2.22. The van der Waals surface area contributed by atoms with Crippen LogP contribution in [0.4, 0.5) is 0 Å². The Morgan fingerprint density at radius 2 is 2.12 bits per heavy atom. The van der Waals surface area contributed by atoms with Gasteiger partial charge in [0.25, 0.3) is 5.91 Å². The summed E-state index contributed by atoms with van der Waals surface area (Å²) in [4.78, 5) is 17.0. The number of halogens is 1. The van der Waals surface area contributed by atoms with E-state index in [4.69, 9.17) is 21.1 Å². The molecule has 5 nitrogen and oxygen atoms in total. The van der Waals surface area contributed by atoms with Gasteiger partial charge in [0.2, 0.25) is 0 Å². The number of aromatic nitrogens is 1. The average molecular weight is 389 g/mol. The fourth-order valence-corrected chi connectivity index (χ4v) is 3.75. The number of amides is 1. The lowest BCUT2D eigenvalue weighted by Crippen LogP contribution is -2.19. The number of ether oxygens (including phenoxy) is 2. The molecule has 0 N–H and O–H groups in total. The van der Waals surface area contributed by atoms with Crippen LogP contribution in [0.15, 0.2) is 60.1 Å². The Morgan fingerprint density at radius 1 is 1.31 bits per heavy atom. The lowest BCUT2D eigenvalue weighted by atomic mass is 10.3. The van der Waals surface area contributed by atoms with E-state index in [2.05, 4.69) is 11.6 Å². The number of rotatable bonds is 6. The van der Waals surface area contributed by atoms with Crippen LogP contribution < -0.4 is 14.3 Å². The number of fused-ring (bicyclic) bond motifs is 1. The Morgan fingerprint density at radius 3 is 2.88 bits per heavy atom. The molecule has 0 unspecified atom stereocenters. The maximum absolute atomic E-state index is 12.3. The van der Waals surface area contributed by atoms with Gasteiger partial charge in [0.1, 0.15) is 11.5 Å². The number of carbonyl (C=O) groups excluding carboxylic acids is 1. The second-order valence-electron chi connectivity index (χ2n) is 5.37. The minimum atomic E-state index is -0.372. The molecule has 0 atom stereocenters. The van der Waals surface area contributed by atoms with Gasteiger partial charge in [-0.05, 0) is 30.3 Å². The minimum absolute atomic E-state index is 0.156. The zero-order chi connectivity index (χ0) is 18.5. The first kappa shape index (κ1) is 18.2. The first-order valence-corrected chi connectivity index (χ1v) is 9.04. The molecule has 0 saturated heterocycles. The third-order valence-electron chi connectivity index (χ3n) is 3.58. The zero-order valence-corrected chi connectivity index (χ0v) is 15.7. The second-order valence-corrected chi connectivity index (χ2v) is 6.81. The van der Waals surface area contributed by atoms with Crippen molar-refractivity contribution < 1.29 is 14.3 Å². The van der Waals surface area contributed by atoms with Gasteiger partial charge in [-0.25, -0.2) is 0 Å². The molecule has 0 aliphatic carbocycles. The monoisotopic (exact) mass is 388 g/mol. The Labute approximate surface area is 159 Å². The summed E-state index contributed by atoms with van der Waals surface area (Å²) < 4.78 is 13.5. The number of nitrogens with zero attached hydrogens (tertiary/aromatic N) is 2. The van der Waals surface area contributed by atoms with Gasteiger partial charge in [0.15, 0.2) is 11.4 Å². The van der Waals surface area contributed by atoms with Gasteiger partial charge in [0.05, 0.1) is 17.3 Å². The Balaban J connectivity index is 1.84. The summed E-state index contributed by atoms with van der Waals surface area (Å²) in [7, 11) is 1.58. The van der Waals surface area contributed by atoms with Crippen molar-refractivity contribution in [3.8, 4) is 11.5 Å². The number of hydrogen-bond donors (Lipinski definition) is 0. The van der Waals surface area contributed by atoms with E-state index in [1.807, 2.05) is 22.8 Å². The molecule has 26 heavy (non-hydrogen) atoms. The molecule has 0 spiro atoms. The lowest BCUT2D eigenvalue weighted by molar-refractivity contribution is -0.120. The van der Waals surface area contributed by atoms with Crippen molar-refractivity contribution in [1.82, 2.24) is 4.57 Å². The number of allylic oxidation sites excluding steroid dienone is 1. The Hall–Kier alpha value is -2.57. The number of methoxy groups -OCH3 is 1. The van der Waals surface area contributed by atoms with E-state index in [1.165, 1.54) is 11.3 Å². The van der Waals surface area contributed by atoms with E-state index < -0.39 is 0 Å². The van der Waals surface area contributed by atoms with Gasteiger partial charge >= 0.3 is 0 Å². The fraction of sp³-hybridized carbons (Fsp3) is 0.158. The van der Waals surface area contributed by atoms with Crippen LogP contribution in [0.2, 0.25) is 5.02 Å². The highest BCUT2D eigenvalue weighted by Gasteiger charge is 2.08. The quantitative estimate of drug-likeness (QED) is 0.598. The van der Waals surface area contributed by atoms with Crippen molar-refractivity contribution in [2.24, 2.45) is 4.99 Å². The maximum atomic E-state index is 12.3. The highest BCUT2D eigenvalue weighted by atomic mass is 35.5. The first-order chi connectivity index (χ1) is 12.6. The van der Waals surface area contributed by atoms with E-state index in [0.29, 0.717) is 27.9 Å². The number of thiazole rings is 1. The Bertz CT molecular complexity index is 1020. The number of hydrogen-bond acceptors (Lipinski definition) is 4. The normalized spacial score (nSPS) is 11.5. The molecule has 0 fully saturated rings. The van der Waals surface area contributed by atoms with Crippen molar-refractivity contribution in [3.05, 3.63) is 64.9 Å². The molecule has 3 rings (SSSR count). The predicted octanol–water partition coefficient (Wildman–Crippen LogP) is 4.06. The molecular weight excluding hydrogens is 372 g/mol. The molecule has 134 valence electrons. The molecule has 0 radical (unpaired) electrons. The van der Waals surface area contributed by atoms with Crippen molar-refractivity contribution in [2.45, 2.75) is 6.54 Å². The maximum Gasteiger partial charge on any atom is 0.286 e. The van der Waals surface area contributed by atoms with Crippen LogP contribution in [0, 0.1) is 0 Å². The van der Waals surface area contributed by atoms with Crippen LogP contribution in [0.1, 0.15) is 0 Å². The van der Waals surface area contributed by atoms with Crippen molar-refractivity contribution >= 4 is 39.1 Å².